The summed E-state index contributed by atoms with van der Waals surface area (Å²) in [5, 5.41) is 3.17. The van der Waals surface area contributed by atoms with E-state index in [-0.39, 0.29) is 0 Å². The summed E-state index contributed by atoms with van der Waals surface area (Å²) in [6.07, 6.45) is 9.61. The average Bonchev–Trinajstić information content (AvgIpc) is 3.51. The Kier molecular flexibility index (Phi) is 5.50. The minimum atomic E-state index is -2.48. The van der Waals surface area contributed by atoms with Gasteiger partial charge in [0.05, 0.1) is 0 Å². The van der Waals surface area contributed by atoms with E-state index in [1.54, 1.807) is 21.5 Å². The van der Waals surface area contributed by atoms with E-state index in [4.69, 9.17) is 0 Å². The van der Waals surface area contributed by atoms with E-state index in [0.717, 1.165) is 0 Å². The fraction of sp³-hybridized carbons (Fsp3) is 0.0667. The van der Waals surface area contributed by atoms with Crippen LogP contribution in [-0.2, 0) is 20.1 Å². The van der Waals surface area contributed by atoms with E-state index < -0.39 is 25.6 Å². The maximum atomic E-state index is 2.52. The van der Waals surface area contributed by atoms with Crippen molar-refractivity contribution in [2.45, 2.75) is 7.35 Å². The molecule has 4 aromatic carbocycles. The second-order valence-electron chi connectivity index (χ2n) is 8.47. The SMILES string of the molecule is C1=C[CH]([Hf]([CH]2c3ccccc3-c3ccccc32)=[Si](c2ccccc2)c2ccccc2)C=C1. The van der Waals surface area contributed by atoms with Gasteiger partial charge in [0.1, 0.15) is 0 Å². The van der Waals surface area contributed by atoms with Crippen LogP contribution in [0, 0.1) is 0 Å². The predicted octanol–water partition coefficient (Wildman–Crippen LogP) is 6.10. The van der Waals surface area contributed by atoms with Crippen LogP contribution in [0.2, 0.25) is 3.67 Å². The Labute approximate surface area is 198 Å². The van der Waals surface area contributed by atoms with Gasteiger partial charge in [-0.05, 0) is 0 Å². The van der Waals surface area contributed by atoms with E-state index in [9.17, 15) is 0 Å². The molecule has 2 aliphatic carbocycles. The molecule has 0 saturated heterocycles. The summed E-state index contributed by atoms with van der Waals surface area (Å²) in [5.41, 5.74) is 5.21. The first-order chi connectivity index (χ1) is 15.9. The van der Waals surface area contributed by atoms with Crippen molar-refractivity contribution in [3.05, 3.63) is 145 Å². The van der Waals surface area contributed by atoms with Crippen LogP contribution in [0.1, 0.15) is 14.8 Å². The first-order valence-electron chi connectivity index (χ1n) is 11.3. The molecule has 32 heavy (non-hydrogen) atoms. The maximum absolute atomic E-state index is 2.52. The van der Waals surface area contributed by atoms with Gasteiger partial charge in [-0.2, -0.15) is 0 Å². The van der Waals surface area contributed by atoms with Crippen molar-refractivity contribution in [1.29, 1.82) is 0 Å². The number of hydrogen-bond acceptors (Lipinski definition) is 0. The van der Waals surface area contributed by atoms with Gasteiger partial charge < -0.3 is 0 Å². The summed E-state index contributed by atoms with van der Waals surface area (Å²) >= 11 is -2.48. The van der Waals surface area contributed by atoms with Crippen molar-refractivity contribution in [1.82, 2.24) is 0 Å². The van der Waals surface area contributed by atoms with Gasteiger partial charge in [-0.15, -0.1) is 0 Å². The van der Waals surface area contributed by atoms with E-state index in [2.05, 4.69) is 133 Å². The van der Waals surface area contributed by atoms with Crippen molar-refractivity contribution in [2.24, 2.45) is 0 Å². The van der Waals surface area contributed by atoms with Crippen LogP contribution < -0.4 is 10.4 Å². The molecule has 2 aliphatic rings. The van der Waals surface area contributed by atoms with Crippen LogP contribution >= 0.6 is 0 Å². The summed E-state index contributed by atoms with van der Waals surface area (Å²) < 4.78 is 1.23. The second-order valence-corrected chi connectivity index (χ2v) is 28.2. The molecule has 2 heteroatoms. The van der Waals surface area contributed by atoms with Crippen molar-refractivity contribution in [2.75, 3.05) is 0 Å². The molecule has 0 spiro atoms. The van der Waals surface area contributed by atoms with Crippen molar-refractivity contribution in [3.8, 4) is 11.1 Å². The van der Waals surface area contributed by atoms with Crippen molar-refractivity contribution >= 4 is 15.9 Å². The van der Waals surface area contributed by atoms with Crippen LogP contribution in [0.15, 0.2) is 133 Å². The number of fused-ring (bicyclic) bond motifs is 3. The third-order valence-electron chi connectivity index (χ3n) is 6.67. The summed E-state index contributed by atoms with van der Waals surface area (Å²) in [6.45, 7) is 0. The molecule has 0 amide bonds. The number of rotatable bonds is 4. The van der Waals surface area contributed by atoms with Crippen LogP contribution in [0.25, 0.3) is 11.1 Å². The van der Waals surface area contributed by atoms with Crippen LogP contribution in [0.3, 0.4) is 0 Å². The Balaban J connectivity index is 1.72. The standard InChI is InChI=1S/C13H9.C12H10Si.C5H5.Hf/c1-3-7-12-10(5-1)9-11-6-2-4-8-13(11)12;1-3-7-11(8-4-1)13-12-9-5-2-6-10-12;1-2-4-5-3-1;/h1-9H;1-10H;1-5H;. The Bertz CT molecular complexity index is 1270. The number of allylic oxidation sites excluding steroid dienone is 4. The monoisotopic (exact) mass is 592 g/mol. The fourth-order valence-electron chi connectivity index (χ4n) is 5.34. The van der Waals surface area contributed by atoms with Gasteiger partial charge in [-0.25, -0.2) is 0 Å². The van der Waals surface area contributed by atoms with E-state index in [1.165, 1.54) is 11.1 Å². The molecule has 4 aromatic rings. The van der Waals surface area contributed by atoms with Crippen molar-refractivity contribution in [3.63, 3.8) is 0 Å². The summed E-state index contributed by atoms with van der Waals surface area (Å²) in [6, 6.07) is 41.3. The molecule has 0 heterocycles. The molecule has 6 rings (SSSR count). The van der Waals surface area contributed by atoms with Gasteiger partial charge in [0.15, 0.2) is 0 Å². The number of hydrogen-bond donors (Lipinski definition) is 0. The van der Waals surface area contributed by atoms with Crippen LogP contribution in [0.4, 0.5) is 0 Å². The topological polar surface area (TPSA) is 0 Å². The Morgan fingerprint density at radius 2 is 0.938 bits per heavy atom. The molecule has 152 valence electrons. The van der Waals surface area contributed by atoms with Crippen LogP contribution in [-0.4, -0.2) is 5.49 Å². The molecule has 0 radical (unpaired) electrons. The molecule has 0 aliphatic heterocycles. The minimum absolute atomic E-state index is 0.596. The predicted molar refractivity (Wildman–Crippen MR) is 134 cm³/mol. The molecule has 0 saturated carbocycles. The quantitative estimate of drug-likeness (QED) is 0.252. The summed E-state index contributed by atoms with van der Waals surface area (Å²) in [5.74, 6) is 0. The Morgan fingerprint density at radius 1 is 0.500 bits per heavy atom. The van der Waals surface area contributed by atoms with Crippen LogP contribution in [0.5, 0.6) is 0 Å². The van der Waals surface area contributed by atoms with Crippen molar-refractivity contribution < 1.29 is 20.1 Å². The molecule has 0 N–H and O–H groups in total. The third kappa shape index (κ3) is 3.46. The molecule has 0 fully saturated rings. The second kappa shape index (κ2) is 8.76. The van der Waals surface area contributed by atoms with Gasteiger partial charge in [0, 0.05) is 0 Å². The zero-order chi connectivity index (χ0) is 21.3. The van der Waals surface area contributed by atoms with E-state index in [1.807, 2.05) is 0 Å². The third-order valence-corrected chi connectivity index (χ3v) is 35.0. The molecule has 0 nitrogen and oxygen atoms in total. The molecule has 0 unspecified atom stereocenters. The first-order valence-corrected chi connectivity index (χ1v) is 22.3. The van der Waals surface area contributed by atoms with E-state index in [0.29, 0.717) is 7.35 Å². The van der Waals surface area contributed by atoms with Gasteiger partial charge in [-0.1, -0.05) is 0 Å². The molecule has 0 bridgehead atoms. The normalized spacial score (nSPS) is 14.4. The Morgan fingerprint density at radius 3 is 1.44 bits per heavy atom. The molecule has 0 aromatic heterocycles. The first kappa shape index (κ1) is 20.1. The molecular formula is C30H24HfSi. The zero-order valence-corrected chi connectivity index (χ0v) is 22.4. The van der Waals surface area contributed by atoms with Gasteiger partial charge >= 0.3 is 199 Å². The number of benzene rings is 4. The molecular weight excluding hydrogens is 567 g/mol. The van der Waals surface area contributed by atoms with Gasteiger partial charge in [-0.3, -0.25) is 0 Å². The summed E-state index contributed by atoms with van der Waals surface area (Å²) in [7, 11) is 0. The zero-order valence-electron chi connectivity index (χ0n) is 17.9. The Hall–Kier alpha value is -2.55. The summed E-state index contributed by atoms with van der Waals surface area (Å²) in [4.78, 5) is 0. The van der Waals surface area contributed by atoms with E-state index >= 15 is 0 Å². The fourth-order valence-corrected chi connectivity index (χ4v) is 37.5. The van der Waals surface area contributed by atoms with Gasteiger partial charge in [0.2, 0.25) is 0 Å². The van der Waals surface area contributed by atoms with Gasteiger partial charge in [0.25, 0.3) is 0 Å². The average molecular weight is 591 g/mol. The molecule has 0 atom stereocenters.